The molecule has 6 aromatic carbocycles. The highest BCUT2D eigenvalue weighted by Crippen LogP contribution is 2.44. The van der Waals surface area contributed by atoms with Crippen molar-refractivity contribution in [3.05, 3.63) is 181 Å². The molecule has 0 radical (unpaired) electrons. The minimum absolute atomic E-state index is 0.493. The van der Waals surface area contributed by atoms with Crippen molar-refractivity contribution in [3.63, 3.8) is 0 Å². The number of aromatic nitrogens is 3. The second-order valence-corrected chi connectivity index (χ2v) is 13.9. The zero-order valence-electron chi connectivity index (χ0n) is 29.5. The SMILES string of the molecule is CC1CC=C(N(c2ccccc2)c2ccc(N3CCN(c4ccc5c(c4)c4ccccc4n5-c4ccccc4)c4ncncc43)cc2)c2ccccc21. The summed E-state index contributed by atoms with van der Waals surface area (Å²) in [6.45, 7) is 3.90. The summed E-state index contributed by atoms with van der Waals surface area (Å²) >= 11 is 0. The molecule has 1 atom stereocenters. The molecule has 0 spiro atoms. The van der Waals surface area contributed by atoms with Gasteiger partial charge < -0.3 is 19.3 Å². The first-order valence-corrected chi connectivity index (χ1v) is 18.4. The minimum Gasteiger partial charge on any atom is -0.335 e. The number of benzene rings is 6. The molecule has 1 aliphatic carbocycles. The Morgan fingerprint density at radius 1 is 0.604 bits per heavy atom. The van der Waals surface area contributed by atoms with Gasteiger partial charge in [0.2, 0.25) is 0 Å². The Morgan fingerprint density at radius 3 is 2.13 bits per heavy atom. The highest BCUT2D eigenvalue weighted by atomic mass is 15.3. The molecule has 53 heavy (non-hydrogen) atoms. The molecule has 0 saturated heterocycles. The van der Waals surface area contributed by atoms with Crippen LogP contribution in [0.3, 0.4) is 0 Å². The van der Waals surface area contributed by atoms with Crippen molar-refractivity contribution in [3.8, 4) is 5.69 Å². The Morgan fingerprint density at radius 2 is 1.28 bits per heavy atom. The average Bonchev–Trinajstić information content (AvgIpc) is 3.56. The van der Waals surface area contributed by atoms with E-state index in [1.165, 1.54) is 38.6 Å². The summed E-state index contributed by atoms with van der Waals surface area (Å²) in [7, 11) is 0. The number of hydrogen-bond acceptors (Lipinski definition) is 5. The van der Waals surface area contributed by atoms with Gasteiger partial charge in [-0.15, -0.1) is 0 Å². The fourth-order valence-corrected chi connectivity index (χ4v) is 8.33. The average molecular weight is 687 g/mol. The zero-order valence-corrected chi connectivity index (χ0v) is 29.5. The minimum atomic E-state index is 0.493. The summed E-state index contributed by atoms with van der Waals surface area (Å²) in [5.41, 5.74) is 13.0. The van der Waals surface area contributed by atoms with Gasteiger partial charge in [-0.1, -0.05) is 91.9 Å². The van der Waals surface area contributed by atoms with Gasteiger partial charge in [-0.3, -0.25) is 0 Å². The van der Waals surface area contributed by atoms with Crippen LogP contribution in [0.4, 0.5) is 34.3 Å². The molecule has 6 heteroatoms. The molecule has 0 saturated carbocycles. The number of fused-ring (bicyclic) bond motifs is 5. The number of nitrogens with zero attached hydrogens (tertiary/aromatic N) is 6. The molecule has 256 valence electrons. The van der Waals surface area contributed by atoms with Crippen LogP contribution in [-0.2, 0) is 0 Å². The van der Waals surface area contributed by atoms with Crippen LogP contribution in [0.1, 0.15) is 30.4 Å². The van der Waals surface area contributed by atoms with Crippen LogP contribution in [0.2, 0.25) is 0 Å². The number of para-hydroxylation sites is 3. The molecule has 1 aliphatic heterocycles. The van der Waals surface area contributed by atoms with Crippen LogP contribution in [0, 0.1) is 0 Å². The lowest BCUT2D eigenvalue weighted by atomic mass is 9.86. The molecule has 1 unspecified atom stereocenters. The van der Waals surface area contributed by atoms with Crippen LogP contribution in [-0.4, -0.2) is 27.6 Å². The number of rotatable bonds is 6. The van der Waals surface area contributed by atoms with Gasteiger partial charge in [-0.05, 0) is 90.7 Å². The van der Waals surface area contributed by atoms with Crippen LogP contribution in [0.25, 0.3) is 33.2 Å². The van der Waals surface area contributed by atoms with Crippen molar-refractivity contribution < 1.29 is 0 Å². The van der Waals surface area contributed by atoms with E-state index in [1.807, 2.05) is 6.20 Å². The van der Waals surface area contributed by atoms with Crippen molar-refractivity contribution >= 4 is 61.8 Å². The molecule has 2 aromatic heterocycles. The molecule has 0 fully saturated rings. The monoisotopic (exact) mass is 686 g/mol. The first kappa shape index (κ1) is 31.1. The summed E-state index contributed by atoms with van der Waals surface area (Å²) in [6, 6.07) is 54.6. The summed E-state index contributed by atoms with van der Waals surface area (Å²) in [5.74, 6) is 1.40. The lowest BCUT2D eigenvalue weighted by molar-refractivity contribution is 0.765. The number of anilines is 6. The first-order chi connectivity index (χ1) is 26.2. The maximum atomic E-state index is 4.87. The summed E-state index contributed by atoms with van der Waals surface area (Å²) in [6.07, 6.45) is 7.02. The smallest absolute Gasteiger partial charge is 0.160 e. The Kier molecular flexibility index (Phi) is 7.53. The van der Waals surface area contributed by atoms with Gasteiger partial charge >= 0.3 is 0 Å². The Bertz CT molecular complexity index is 2630. The van der Waals surface area contributed by atoms with E-state index >= 15 is 0 Å². The van der Waals surface area contributed by atoms with Gasteiger partial charge in [-0.2, -0.15) is 0 Å². The van der Waals surface area contributed by atoms with Crippen LogP contribution < -0.4 is 14.7 Å². The molecule has 0 N–H and O–H groups in total. The second kappa shape index (κ2) is 12.8. The predicted octanol–water partition coefficient (Wildman–Crippen LogP) is 11.5. The van der Waals surface area contributed by atoms with Crippen LogP contribution in [0.15, 0.2) is 170 Å². The van der Waals surface area contributed by atoms with Crippen molar-refractivity contribution in [1.82, 2.24) is 14.5 Å². The van der Waals surface area contributed by atoms with Gasteiger partial charge in [0.05, 0.1) is 17.2 Å². The zero-order chi connectivity index (χ0) is 35.3. The highest BCUT2D eigenvalue weighted by Gasteiger charge is 2.28. The van der Waals surface area contributed by atoms with E-state index in [9.17, 15) is 0 Å². The van der Waals surface area contributed by atoms with E-state index in [1.54, 1.807) is 6.33 Å². The van der Waals surface area contributed by atoms with E-state index in [2.05, 4.69) is 189 Å². The predicted molar refractivity (Wildman–Crippen MR) is 219 cm³/mol. The fraction of sp³-hybridized carbons (Fsp3) is 0.106. The third-order valence-corrected chi connectivity index (χ3v) is 10.9. The van der Waals surface area contributed by atoms with Gasteiger partial charge in [0, 0.05) is 63.6 Å². The molecule has 3 heterocycles. The maximum Gasteiger partial charge on any atom is 0.160 e. The Labute approximate surface area is 309 Å². The van der Waals surface area contributed by atoms with E-state index in [0.29, 0.717) is 5.92 Å². The third-order valence-electron chi connectivity index (χ3n) is 10.9. The summed E-state index contributed by atoms with van der Waals surface area (Å²) in [4.78, 5) is 16.5. The normalized spacial score (nSPS) is 15.3. The topological polar surface area (TPSA) is 40.4 Å². The fourth-order valence-electron chi connectivity index (χ4n) is 8.33. The van der Waals surface area contributed by atoms with E-state index < -0.39 is 0 Å². The highest BCUT2D eigenvalue weighted by molar-refractivity contribution is 6.10. The first-order valence-electron chi connectivity index (χ1n) is 18.4. The van der Waals surface area contributed by atoms with E-state index in [-0.39, 0.29) is 0 Å². The molecule has 10 rings (SSSR count). The number of hydrogen-bond donors (Lipinski definition) is 0. The molecular weight excluding hydrogens is 649 g/mol. The lowest BCUT2D eigenvalue weighted by Gasteiger charge is -2.38. The van der Waals surface area contributed by atoms with Crippen LogP contribution in [0.5, 0.6) is 0 Å². The summed E-state index contributed by atoms with van der Waals surface area (Å²) < 4.78 is 2.36. The summed E-state index contributed by atoms with van der Waals surface area (Å²) in [5, 5.41) is 2.46. The van der Waals surface area contributed by atoms with Crippen molar-refractivity contribution in [2.45, 2.75) is 19.3 Å². The quantitative estimate of drug-likeness (QED) is 0.174. The Balaban J connectivity index is 1.00. The maximum absolute atomic E-state index is 4.87. The van der Waals surface area contributed by atoms with Gasteiger partial charge in [-0.25, -0.2) is 9.97 Å². The van der Waals surface area contributed by atoms with E-state index in [0.717, 1.165) is 59.5 Å². The molecule has 2 aliphatic rings. The molecule has 0 bridgehead atoms. The van der Waals surface area contributed by atoms with Gasteiger partial charge in [0.15, 0.2) is 5.82 Å². The van der Waals surface area contributed by atoms with Crippen molar-refractivity contribution in [2.75, 3.05) is 27.8 Å². The van der Waals surface area contributed by atoms with Crippen LogP contribution >= 0.6 is 0 Å². The van der Waals surface area contributed by atoms with E-state index in [4.69, 9.17) is 4.98 Å². The number of allylic oxidation sites excluding steroid dienone is 1. The standard InChI is InChI=1S/C47H38N6/c1-33-20-26-44(40-17-9-8-16-39(33)40)52(35-12-4-2-5-13-35)37-23-21-34(22-24-37)50-28-29-51(47-46(50)31-48-32-49-47)38-25-27-45-42(30-38)41-18-10-11-19-43(41)53(45)36-14-6-3-7-15-36/h2-19,21-27,30-33H,20,28-29H2,1H3. The molecule has 6 nitrogen and oxygen atoms in total. The van der Waals surface area contributed by atoms with Crippen molar-refractivity contribution in [2.24, 2.45) is 0 Å². The van der Waals surface area contributed by atoms with Crippen molar-refractivity contribution in [1.29, 1.82) is 0 Å². The third kappa shape index (κ3) is 5.25. The van der Waals surface area contributed by atoms with Gasteiger partial charge in [0.1, 0.15) is 12.0 Å². The lowest BCUT2D eigenvalue weighted by Crippen LogP contribution is -2.37. The Hall–Kier alpha value is -6.66. The molecule has 8 aromatic rings. The molecular formula is C47H38N6. The largest absolute Gasteiger partial charge is 0.335 e. The second-order valence-electron chi connectivity index (χ2n) is 13.9. The van der Waals surface area contributed by atoms with Gasteiger partial charge in [0.25, 0.3) is 0 Å². The molecule has 0 amide bonds.